The molecule has 1 aromatic heterocycles. The Morgan fingerprint density at radius 3 is 2.44 bits per heavy atom. The molecule has 0 amide bonds. The summed E-state index contributed by atoms with van der Waals surface area (Å²) in [6, 6.07) is 6.55. The Kier molecular flexibility index (Phi) is 2.83. The van der Waals surface area contributed by atoms with Gasteiger partial charge < -0.3 is 5.11 Å². The van der Waals surface area contributed by atoms with Crippen LogP contribution in [0.1, 0.15) is 20.0 Å². The zero-order valence-corrected chi connectivity index (χ0v) is 9.03. The monoisotopic (exact) mass is 232 g/mol. The molecule has 4 heteroatoms. The lowest BCUT2D eigenvalue weighted by Crippen LogP contribution is -1.82. The summed E-state index contributed by atoms with van der Waals surface area (Å²) in [6.45, 7) is 0. The Morgan fingerprint density at radius 1 is 1.06 bits per heavy atom. The Hall–Kier alpha value is -1.94. The van der Waals surface area contributed by atoms with E-state index in [0.717, 1.165) is 17.4 Å². The SMILES string of the molecule is O=Cc1cc(-c2ccc(C=O)c(O)c2)cs1. The minimum absolute atomic E-state index is 0.0497. The van der Waals surface area contributed by atoms with Crippen molar-refractivity contribution in [2.75, 3.05) is 0 Å². The molecule has 0 atom stereocenters. The van der Waals surface area contributed by atoms with Crippen LogP contribution in [0.2, 0.25) is 0 Å². The maximum Gasteiger partial charge on any atom is 0.160 e. The van der Waals surface area contributed by atoms with E-state index < -0.39 is 0 Å². The maximum absolute atomic E-state index is 10.5. The molecule has 16 heavy (non-hydrogen) atoms. The third kappa shape index (κ3) is 1.87. The van der Waals surface area contributed by atoms with Gasteiger partial charge in [-0.25, -0.2) is 0 Å². The average Bonchev–Trinajstić information content (AvgIpc) is 2.77. The van der Waals surface area contributed by atoms with Crippen LogP contribution >= 0.6 is 11.3 Å². The molecule has 0 saturated carbocycles. The Balaban J connectivity index is 2.44. The number of phenolic OH excluding ortho intramolecular Hbond substituents is 1. The lowest BCUT2D eigenvalue weighted by atomic mass is 10.1. The number of hydrogen-bond acceptors (Lipinski definition) is 4. The molecule has 1 heterocycles. The molecule has 0 bridgehead atoms. The van der Waals surface area contributed by atoms with Crippen LogP contribution in [0.25, 0.3) is 11.1 Å². The molecule has 0 radical (unpaired) electrons. The van der Waals surface area contributed by atoms with Gasteiger partial charge in [0.25, 0.3) is 0 Å². The molecular formula is C12H8O3S. The molecule has 80 valence electrons. The second kappa shape index (κ2) is 4.28. The molecule has 0 aliphatic heterocycles. The van der Waals surface area contributed by atoms with Gasteiger partial charge in [0.1, 0.15) is 5.75 Å². The molecule has 0 fully saturated rings. The number of rotatable bonds is 3. The molecule has 0 saturated heterocycles. The zero-order chi connectivity index (χ0) is 11.5. The molecule has 0 aliphatic rings. The van der Waals surface area contributed by atoms with E-state index in [1.54, 1.807) is 18.2 Å². The number of benzene rings is 1. The summed E-state index contributed by atoms with van der Waals surface area (Å²) in [4.78, 5) is 21.7. The van der Waals surface area contributed by atoms with Crippen LogP contribution in [-0.4, -0.2) is 17.7 Å². The van der Waals surface area contributed by atoms with Crippen LogP contribution in [0.5, 0.6) is 5.75 Å². The summed E-state index contributed by atoms with van der Waals surface area (Å²) in [5.74, 6) is -0.0497. The molecule has 0 spiro atoms. The predicted octanol–water partition coefficient (Wildman–Crippen LogP) is 2.75. The van der Waals surface area contributed by atoms with Gasteiger partial charge in [0.15, 0.2) is 12.6 Å². The van der Waals surface area contributed by atoms with E-state index in [1.807, 2.05) is 5.38 Å². The van der Waals surface area contributed by atoms with Gasteiger partial charge in [-0.15, -0.1) is 11.3 Å². The van der Waals surface area contributed by atoms with Crippen LogP contribution in [0, 0.1) is 0 Å². The first-order chi connectivity index (χ1) is 7.74. The third-order valence-electron chi connectivity index (χ3n) is 2.23. The molecule has 0 unspecified atom stereocenters. The zero-order valence-electron chi connectivity index (χ0n) is 8.21. The molecular weight excluding hydrogens is 224 g/mol. The smallest absolute Gasteiger partial charge is 0.160 e. The van der Waals surface area contributed by atoms with Gasteiger partial charge in [-0.2, -0.15) is 0 Å². The molecule has 2 rings (SSSR count). The van der Waals surface area contributed by atoms with E-state index in [-0.39, 0.29) is 11.3 Å². The number of thiophene rings is 1. The van der Waals surface area contributed by atoms with Crippen molar-refractivity contribution in [3.63, 3.8) is 0 Å². The highest BCUT2D eigenvalue weighted by Gasteiger charge is 2.05. The lowest BCUT2D eigenvalue weighted by Gasteiger charge is -2.00. The van der Waals surface area contributed by atoms with E-state index in [9.17, 15) is 14.7 Å². The number of hydrogen-bond donors (Lipinski definition) is 1. The first-order valence-corrected chi connectivity index (χ1v) is 5.45. The number of aldehydes is 2. The van der Waals surface area contributed by atoms with Gasteiger partial charge in [0.05, 0.1) is 10.4 Å². The highest BCUT2D eigenvalue weighted by molar-refractivity contribution is 7.12. The highest BCUT2D eigenvalue weighted by atomic mass is 32.1. The number of carbonyl (C=O) groups excluding carboxylic acids is 2. The van der Waals surface area contributed by atoms with Crippen molar-refractivity contribution in [1.29, 1.82) is 0 Å². The van der Waals surface area contributed by atoms with Crippen molar-refractivity contribution in [1.82, 2.24) is 0 Å². The lowest BCUT2D eigenvalue weighted by molar-refractivity contribution is 0.111. The topological polar surface area (TPSA) is 54.4 Å². The van der Waals surface area contributed by atoms with Crippen LogP contribution in [0.15, 0.2) is 29.6 Å². The van der Waals surface area contributed by atoms with Gasteiger partial charge >= 0.3 is 0 Å². The summed E-state index contributed by atoms with van der Waals surface area (Å²) in [5, 5.41) is 11.4. The van der Waals surface area contributed by atoms with Crippen molar-refractivity contribution in [2.45, 2.75) is 0 Å². The average molecular weight is 232 g/mol. The standard InChI is InChI=1S/C12H8O3S/c13-5-9-2-1-8(4-12(9)15)10-3-11(6-14)16-7-10/h1-7,15H. The highest BCUT2D eigenvalue weighted by Crippen LogP contribution is 2.28. The second-order valence-electron chi connectivity index (χ2n) is 3.25. The van der Waals surface area contributed by atoms with Gasteiger partial charge in [-0.3, -0.25) is 9.59 Å². The van der Waals surface area contributed by atoms with Crippen molar-refractivity contribution in [2.24, 2.45) is 0 Å². The van der Waals surface area contributed by atoms with E-state index in [1.165, 1.54) is 17.4 Å². The Morgan fingerprint density at radius 2 is 1.88 bits per heavy atom. The van der Waals surface area contributed by atoms with Crippen LogP contribution in [-0.2, 0) is 0 Å². The van der Waals surface area contributed by atoms with E-state index in [2.05, 4.69) is 0 Å². The summed E-state index contributed by atoms with van der Waals surface area (Å²) in [6.07, 6.45) is 1.39. The van der Waals surface area contributed by atoms with Crippen molar-refractivity contribution >= 4 is 23.9 Å². The predicted molar refractivity (Wildman–Crippen MR) is 62.2 cm³/mol. The quantitative estimate of drug-likeness (QED) is 0.828. The summed E-state index contributed by atoms with van der Waals surface area (Å²) in [5.41, 5.74) is 1.90. The van der Waals surface area contributed by atoms with Crippen molar-refractivity contribution < 1.29 is 14.7 Å². The van der Waals surface area contributed by atoms with Gasteiger partial charge in [0.2, 0.25) is 0 Å². The minimum Gasteiger partial charge on any atom is -0.507 e. The van der Waals surface area contributed by atoms with Crippen LogP contribution in [0.4, 0.5) is 0 Å². The second-order valence-corrected chi connectivity index (χ2v) is 4.19. The Labute approximate surface area is 96.0 Å². The normalized spacial score (nSPS) is 10.0. The van der Waals surface area contributed by atoms with Gasteiger partial charge in [-0.1, -0.05) is 6.07 Å². The fourth-order valence-electron chi connectivity index (χ4n) is 1.39. The summed E-state index contributed by atoms with van der Waals surface area (Å²) >= 11 is 1.34. The fourth-order valence-corrected chi connectivity index (χ4v) is 2.11. The van der Waals surface area contributed by atoms with Crippen molar-refractivity contribution in [3.05, 3.63) is 40.1 Å². The summed E-state index contributed by atoms with van der Waals surface area (Å²) < 4.78 is 0. The van der Waals surface area contributed by atoms with Gasteiger partial charge in [-0.05, 0) is 34.7 Å². The fraction of sp³-hybridized carbons (Fsp3) is 0. The van der Waals surface area contributed by atoms with Crippen molar-refractivity contribution in [3.8, 4) is 16.9 Å². The van der Waals surface area contributed by atoms with Gasteiger partial charge in [0, 0.05) is 0 Å². The molecule has 0 aliphatic carbocycles. The maximum atomic E-state index is 10.5. The van der Waals surface area contributed by atoms with E-state index >= 15 is 0 Å². The number of phenols is 1. The number of aromatic hydroxyl groups is 1. The molecule has 1 aromatic carbocycles. The van der Waals surface area contributed by atoms with Crippen LogP contribution in [0.3, 0.4) is 0 Å². The largest absolute Gasteiger partial charge is 0.507 e. The molecule has 1 N–H and O–H groups in total. The molecule has 2 aromatic rings. The minimum atomic E-state index is -0.0497. The summed E-state index contributed by atoms with van der Waals surface area (Å²) in [7, 11) is 0. The molecule has 3 nitrogen and oxygen atoms in total. The van der Waals surface area contributed by atoms with E-state index in [0.29, 0.717) is 11.2 Å². The van der Waals surface area contributed by atoms with E-state index in [4.69, 9.17) is 0 Å². The third-order valence-corrected chi connectivity index (χ3v) is 3.08. The van der Waals surface area contributed by atoms with Crippen LogP contribution < -0.4 is 0 Å². The first kappa shape index (κ1) is 10.6. The number of carbonyl (C=O) groups is 2. The Bertz CT molecular complexity index is 543. The first-order valence-electron chi connectivity index (χ1n) is 4.57.